The van der Waals surface area contributed by atoms with Crippen molar-refractivity contribution in [3.63, 3.8) is 0 Å². The van der Waals surface area contributed by atoms with Crippen molar-refractivity contribution in [3.05, 3.63) is 29.8 Å². The zero-order chi connectivity index (χ0) is 13.8. The SMILES string of the molecule is COC(=O)C(C)CN(C)CC1Cc2ccccc2O1. The molecule has 0 N–H and O–H groups in total. The first-order valence-electron chi connectivity index (χ1n) is 6.61. The molecule has 1 aliphatic rings. The van der Waals surface area contributed by atoms with Gasteiger partial charge in [-0.15, -0.1) is 0 Å². The van der Waals surface area contributed by atoms with E-state index in [9.17, 15) is 4.79 Å². The van der Waals surface area contributed by atoms with Crippen molar-refractivity contribution in [2.45, 2.75) is 19.4 Å². The van der Waals surface area contributed by atoms with E-state index < -0.39 is 0 Å². The Morgan fingerprint density at radius 3 is 2.95 bits per heavy atom. The molecular formula is C15H21NO3. The number of rotatable bonds is 5. The van der Waals surface area contributed by atoms with E-state index in [2.05, 4.69) is 11.0 Å². The molecule has 0 saturated heterocycles. The topological polar surface area (TPSA) is 38.8 Å². The van der Waals surface area contributed by atoms with Gasteiger partial charge in [-0.05, 0) is 18.7 Å². The van der Waals surface area contributed by atoms with Crippen molar-refractivity contribution in [2.24, 2.45) is 5.92 Å². The Labute approximate surface area is 114 Å². The van der Waals surface area contributed by atoms with Gasteiger partial charge in [-0.25, -0.2) is 0 Å². The smallest absolute Gasteiger partial charge is 0.309 e. The number of fused-ring (bicyclic) bond motifs is 1. The zero-order valence-corrected chi connectivity index (χ0v) is 11.8. The van der Waals surface area contributed by atoms with Crippen LogP contribution in [0.4, 0.5) is 0 Å². The fraction of sp³-hybridized carbons (Fsp3) is 0.533. The lowest BCUT2D eigenvalue weighted by atomic mass is 10.1. The van der Waals surface area contributed by atoms with Crippen LogP contribution < -0.4 is 4.74 Å². The third kappa shape index (κ3) is 3.47. The maximum Gasteiger partial charge on any atom is 0.309 e. The Hall–Kier alpha value is -1.55. The van der Waals surface area contributed by atoms with E-state index in [0.717, 1.165) is 18.7 Å². The second kappa shape index (κ2) is 6.06. The average Bonchev–Trinajstić information content (AvgIpc) is 2.79. The van der Waals surface area contributed by atoms with Gasteiger partial charge < -0.3 is 14.4 Å². The number of methoxy groups -OCH3 is 1. The molecule has 0 amide bonds. The number of likely N-dealkylation sites (N-methyl/N-ethyl adjacent to an activating group) is 1. The Balaban J connectivity index is 1.82. The summed E-state index contributed by atoms with van der Waals surface area (Å²) in [5.74, 6) is 0.711. The Kier molecular flexibility index (Phi) is 4.43. The van der Waals surface area contributed by atoms with E-state index in [1.807, 2.05) is 32.2 Å². The molecule has 0 spiro atoms. The molecule has 2 atom stereocenters. The molecule has 1 aliphatic heterocycles. The van der Waals surface area contributed by atoms with Crippen LogP contribution in [0.2, 0.25) is 0 Å². The first-order chi connectivity index (χ1) is 9.10. The minimum atomic E-state index is -0.164. The van der Waals surface area contributed by atoms with Gasteiger partial charge in [0.25, 0.3) is 0 Å². The van der Waals surface area contributed by atoms with Gasteiger partial charge in [-0.3, -0.25) is 4.79 Å². The predicted molar refractivity (Wildman–Crippen MR) is 73.2 cm³/mol. The van der Waals surface area contributed by atoms with E-state index in [4.69, 9.17) is 9.47 Å². The minimum Gasteiger partial charge on any atom is -0.488 e. The molecular weight excluding hydrogens is 242 g/mol. The first-order valence-corrected chi connectivity index (χ1v) is 6.61. The van der Waals surface area contributed by atoms with E-state index in [1.54, 1.807) is 0 Å². The van der Waals surface area contributed by atoms with Crippen LogP contribution in [0.25, 0.3) is 0 Å². The van der Waals surface area contributed by atoms with Crippen molar-refractivity contribution in [3.8, 4) is 5.75 Å². The third-order valence-electron chi connectivity index (χ3n) is 3.42. The van der Waals surface area contributed by atoms with Crippen LogP contribution in [0, 0.1) is 5.92 Å². The maximum absolute atomic E-state index is 11.4. The zero-order valence-electron chi connectivity index (χ0n) is 11.8. The van der Waals surface area contributed by atoms with Crippen LogP contribution >= 0.6 is 0 Å². The van der Waals surface area contributed by atoms with Crippen LogP contribution in [-0.2, 0) is 16.0 Å². The summed E-state index contributed by atoms with van der Waals surface area (Å²) in [6, 6.07) is 8.14. The number of carbonyl (C=O) groups excluding carboxylic acids is 1. The number of benzene rings is 1. The Morgan fingerprint density at radius 2 is 2.26 bits per heavy atom. The molecule has 4 heteroatoms. The molecule has 0 aliphatic carbocycles. The highest BCUT2D eigenvalue weighted by Gasteiger charge is 2.24. The summed E-state index contributed by atoms with van der Waals surface area (Å²) in [6.07, 6.45) is 1.11. The molecule has 1 heterocycles. The largest absolute Gasteiger partial charge is 0.488 e. The molecule has 0 radical (unpaired) electrons. The minimum absolute atomic E-state index is 0.112. The summed E-state index contributed by atoms with van der Waals surface area (Å²) in [5.41, 5.74) is 1.27. The standard InChI is InChI=1S/C15H21NO3/c1-11(15(17)18-3)9-16(2)10-13-8-12-6-4-5-7-14(12)19-13/h4-7,11,13H,8-10H2,1-3H3. The summed E-state index contributed by atoms with van der Waals surface area (Å²) in [5, 5.41) is 0. The lowest BCUT2D eigenvalue weighted by Crippen LogP contribution is -2.36. The molecule has 0 saturated carbocycles. The van der Waals surface area contributed by atoms with Crippen molar-refractivity contribution in [1.29, 1.82) is 0 Å². The van der Waals surface area contributed by atoms with E-state index in [-0.39, 0.29) is 18.0 Å². The Morgan fingerprint density at radius 1 is 1.53 bits per heavy atom. The molecule has 2 unspecified atom stereocenters. The van der Waals surface area contributed by atoms with E-state index in [1.165, 1.54) is 12.7 Å². The summed E-state index contributed by atoms with van der Waals surface area (Å²) in [6.45, 7) is 3.38. The van der Waals surface area contributed by atoms with Gasteiger partial charge in [-0.2, -0.15) is 0 Å². The molecule has 0 bridgehead atoms. The van der Waals surface area contributed by atoms with Gasteiger partial charge in [-0.1, -0.05) is 25.1 Å². The summed E-state index contributed by atoms with van der Waals surface area (Å²) in [7, 11) is 3.43. The van der Waals surface area contributed by atoms with Crippen molar-refractivity contribution >= 4 is 5.97 Å². The fourth-order valence-electron chi connectivity index (χ4n) is 2.52. The quantitative estimate of drug-likeness (QED) is 0.758. The van der Waals surface area contributed by atoms with Crippen LogP contribution in [0.1, 0.15) is 12.5 Å². The lowest BCUT2D eigenvalue weighted by Gasteiger charge is -2.22. The van der Waals surface area contributed by atoms with Gasteiger partial charge in [0.1, 0.15) is 11.9 Å². The van der Waals surface area contributed by atoms with Gasteiger partial charge in [0.15, 0.2) is 0 Å². The number of nitrogens with zero attached hydrogens (tertiary/aromatic N) is 1. The molecule has 0 aromatic heterocycles. The molecule has 104 valence electrons. The number of ether oxygens (including phenoxy) is 2. The van der Waals surface area contributed by atoms with Crippen LogP contribution in [-0.4, -0.2) is 44.2 Å². The lowest BCUT2D eigenvalue weighted by molar-refractivity contribution is -0.145. The van der Waals surface area contributed by atoms with Crippen molar-refractivity contribution < 1.29 is 14.3 Å². The van der Waals surface area contributed by atoms with Crippen molar-refractivity contribution in [2.75, 3.05) is 27.2 Å². The van der Waals surface area contributed by atoms with Gasteiger partial charge in [0.2, 0.25) is 0 Å². The highest BCUT2D eigenvalue weighted by atomic mass is 16.5. The third-order valence-corrected chi connectivity index (χ3v) is 3.42. The van der Waals surface area contributed by atoms with E-state index in [0.29, 0.717) is 6.54 Å². The van der Waals surface area contributed by atoms with Crippen LogP contribution in [0.5, 0.6) is 5.75 Å². The van der Waals surface area contributed by atoms with E-state index >= 15 is 0 Å². The molecule has 4 nitrogen and oxygen atoms in total. The fourth-order valence-corrected chi connectivity index (χ4v) is 2.52. The van der Waals surface area contributed by atoms with Crippen LogP contribution in [0.15, 0.2) is 24.3 Å². The molecule has 1 aromatic carbocycles. The molecule has 1 aromatic rings. The number of carbonyl (C=O) groups is 1. The van der Waals surface area contributed by atoms with Crippen molar-refractivity contribution in [1.82, 2.24) is 4.90 Å². The first kappa shape index (κ1) is 13.9. The highest BCUT2D eigenvalue weighted by Crippen LogP contribution is 2.28. The summed E-state index contributed by atoms with van der Waals surface area (Å²) >= 11 is 0. The molecule has 0 fully saturated rings. The average molecular weight is 263 g/mol. The van der Waals surface area contributed by atoms with Crippen LogP contribution in [0.3, 0.4) is 0 Å². The molecule has 19 heavy (non-hydrogen) atoms. The number of hydrogen-bond acceptors (Lipinski definition) is 4. The second-order valence-electron chi connectivity index (χ2n) is 5.20. The van der Waals surface area contributed by atoms with Gasteiger partial charge >= 0.3 is 5.97 Å². The van der Waals surface area contributed by atoms with Gasteiger partial charge in [0.05, 0.1) is 13.0 Å². The maximum atomic E-state index is 11.4. The number of hydrogen-bond donors (Lipinski definition) is 0. The normalized spacial score (nSPS) is 18.8. The monoisotopic (exact) mass is 263 g/mol. The Bertz CT molecular complexity index is 422. The number of para-hydroxylation sites is 1. The number of esters is 1. The summed E-state index contributed by atoms with van der Waals surface area (Å²) < 4.78 is 10.6. The predicted octanol–water partition coefficient (Wildman–Crippen LogP) is 1.73. The second-order valence-corrected chi connectivity index (χ2v) is 5.20. The summed E-state index contributed by atoms with van der Waals surface area (Å²) in [4.78, 5) is 13.5. The molecule has 2 rings (SSSR count). The van der Waals surface area contributed by atoms with Gasteiger partial charge in [0, 0.05) is 19.5 Å². The highest BCUT2D eigenvalue weighted by molar-refractivity contribution is 5.72.